The first-order chi connectivity index (χ1) is 17.8. The molecule has 1 N–H and O–H groups in total. The first-order valence-electron chi connectivity index (χ1n) is 12.5. The normalized spacial score (nSPS) is 27.4. The highest BCUT2D eigenvalue weighted by atomic mass is 35.5. The van der Waals surface area contributed by atoms with Crippen molar-refractivity contribution in [2.75, 3.05) is 6.61 Å². The molecular formula is C29H29ClN4O3. The standard InChI is InChI=1S/C29H29ClN4O3/c1-3-4-5-6-7-15-35-24-13-11-21(12-14-24)25-27(17-31,18-32)28(19-33)20(2)29(36-25,37-26(28)34)22-9-8-10-23(30)16-22/h8-14,16,20,25,34H,3-7,15H2,1-2H3. The lowest BCUT2D eigenvalue weighted by Crippen LogP contribution is -2.57. The van der Waals surface area contributed by atoms with E-state index in [-0.39, 0.29) is 0 Å². The van der Waals surface area contributed by atoms with Gasteiger partial charge in [-0.25, -0.2) is 0 Å². The van der Waals surface area contributed by atoms with Gasteiger partial charge in [-0.3, -0.25) is 5.41 Å². The number of benzene rings is 2. The van der Waals surface area contributed by atoms with E-state index < -0.39 is 34.5 Å². The number of halogens is 1. The van der Waals surface area contributed by atoms with Gasteiger partial charge in [0.15, 0.2) is 5.41 Å². The molecule has 0 spiro atoms. The lowest BCUT2D eigenvalue weighted by atomic mass is 9.53. The summed E-state index contributed by atoms with van der Waals surface area (Å²) in [5.74, 6) is -2.22. The van der Waals surface area contributed by atoms with Gasteiger partial charge in [0.2, 0.25) is 17.1 Å². The number of nitrogens with one attached hydrogen (secondary N) is 1. The summed E-state index contributed by atoms with van der Waals surface area (Å²) in [5, 5.41) is 40.3. The van der Waals surface area contributed by atoms with Gasteiger partial charge >= 0.3 is 0 Å². The highest BCUT2D eigenvalue weighted by Gasteiger charge is 2.79. The number of hydrogen-bond donors (Lipinski definition) is 1. The summed E-state index contributed by atoms with van der Waals surface area (Å²) < 4.78 is 18.4. The van der Waals surface area contributed by atoms with Crippen LogP contribution in [0.2, 0.25) is 5.02 Å². The van der Waals surface area contributed by atoms with E-state index in [0.29, 0.717) is 28.5 Å². The van der Waals surface area contributed by atoms with Gasteiger partial charge in [0.25, 0.3) is 0 Å². The first kappa shape index (κ1) is 26.5. The molecule has 2 aliphatic heterocycles. The van der Waals surface area contributed by atoms with Crippen molar-refractivity contribution in [3.05, 3.63) is 64.7 Å². The second-order valence-electron chi connectivity index (χ2n) is 9.61. The molecule has 0 radical (unpaired) electrons. The minimum atomic E-state index is -2.03. The molecule has 190 valence electrons. The van der Waals surface area contributed by atoms with Crippen LogP contribution < -0.4 is 4.74 Å². The van der Waals surface area contributed by atoms with E-state index in [2.05, 4.69) is 25.1 Å². The van der Waals surface area contributed by atoms with Gasteiger partial charge in [-0.2, -0.15) is 15.8 Å². The van der Waals surface area contributed by atoms with E-state index in [4.69, 9.17) is 31.2 Å². The molecule has 2 bridgehead atoms. The number of fused-ring (bicyclic) bond motifs is 2. The summed E-state index contributed by atoms with van der Waals surface area (Å²) in [7, 11) is 0. The van der Waals surface area contributed by atoms with Gasteiger partial charge in [-0.15, -0.1) is 0 Å². The third-order valence-corrected chi connectivity index (χ3v) is 7.83. The molecule has 0 amide bonds. The molecule has 0 aromatic heterocycles. The average Bonchev–Trinajstić information content (AvgIpc) is 3.07. The van der Waals surface area contributed by atoms with E-state index in [1.165, 1.54) is 19.3 Å². The van der Waals surface area contributed by atoms with Crippen LogP contribution in [-0.2, 0) is 15.3 Å². The largest absolute Gasteiger partial charge is 0.494 e. The van der Waals surface area contributed by atoms with Gasteiger partial charge in [-0.05, 0) is 36.2 Å². The van der Waals surface area contributed by atoms with Crippen LogP contribution in [0.25, 0.3) is 0 Å². The van der Waals surface area contributed by atoms with E-state index in [0.717, 1.165) is 12.8 Å². The Morgan fingerprint density at radius 2 is 1.70 bits per heavy atom. The van der Waals surface area contributed by atoms with Gasteiger partial charge in [0.1, 0.15) is 11.9 Å². The molecule has 37 heavy (non-hydrogen) atoms. The molecule has 4 unspecified atom stereocenters. The molecular weight excluding hydrogens is 488 g/mol. The Bertz CT molecular complexity index is 1280. The van der Waals surface area contributed by atoms with Crippen LogP contribution >= 0.6 is 11.6 Å². The van der Waals surface area contributed by atoms with Gasteiger partial charge < -0.3 is 14.2 Å². The average molecular weight is 517 g/mol. The zero-order chi connectivity index (χ0) is 26.7. The van der Waals surface area contributed by atoms with Crippen molar-refractivity contribution >= 4 is 17.5 Å². The van der Waals surface area contributed by atoms with Crippen molar-refractivity contribution in [1.29, 1.82) is 21.2 Å². The number of ether oxygens (including phenoxy) is 3. The van der Waals surface area contributed by atoms with Crippen molar-refractivity contribution in [2.24, 2.45) is 16.7 Å². The Morgan fingerprint density at radius 3 is 2.32 bits per heavy atom. The van der Waals surface area contributed by atoms with Crippen LogP contribution in [0.1, 0.15) is 63.2 Å². The van der Waals surface area contributed by atoms with Crippen molar-refractivity contribution in [3.63, 3.8) is 0 Å². The highest BCUT2D eigenvalue weighted by molar-refractivity contribution is 6.30. The van der Waals surface area contributed by atoms with Crippen molar-refractivity contribution in [2.45, 2.75) is 57.8 Å². The quantitative estimate of drug-likeness (QED) is 0.365. The summed E-state index contributed by atoms with van der Waals surface area (Å²) in [6.07, 6.45) is 4.49. The van der Waals surface area contributed by atoms with Crippen molar-refractivity contribution in [3.8, 4) is 24.0 Å². The van der Waals surface area contributed by atoms with E-state index in [1.807, 2.05) is 0 Å². The molecule has 2 fully saturated rings. The number of unbranched alkanes of at least 4 members (excludes halogenated alkanes) is 4. The zero-order valence-electron chi connectivity index (χ0n) is 21.0. The summed E-state index contributed by atoms with van der Waals surface area (Å²) in [6.45, 7) is 4.45. The maximum atomic E-state index is 10.4. The monoisotopic (exact) mass is 516 g/mol. The van der Waals surface area contributed by atoms with Gasteiger partial charge in [-0.1, -0.05) is 75.4 Å². The fourth-order valence-corrected chi connectivity index (χ4v) is 5.70. The Balaban J connectivity index is 1.72. The predicted molar refractivity (Wildman–Crippen MR) is 137 cm³/mol. The molecule has 0 saturated carbocycles. The maximum absolute atomic E-state index is 10.4. The van der Waals surface area contributed by atoms with E-state index in [1.54, 1.807) is 55.5 Å². The smallest absolute Gasteiger partial charge is 0.244 e. The topological polar surface area (TPSA) is 123 Å². The van der Waals surface area contributed by atoms with Crippen LogP contribution in [-0.4, -0.2) is 12.5 Å². The Kier molecular flexibility index (Phi) is 7.47. The lowest BCUT2D eigenvalue weighted by molar-refractivity contribution is -0.288. The summed E-state index contributed by atoms with van der Waals surface area (Å²) in [5.41, 5.74) is -2.88. The molecule has 2 aromatic rings. The Morgan fingerprint density at radius 1 is 1.00 bits per heavy atom. The maximum Gasteiger partial charge on any atom is 0.244 e. The highest BCUT2D eigenvalue weighted by Crippen LogP contribution is 2.69. The number of nitrogens with zero attached hydrogens (tertiary/aromatic N) is 3. The van der Waals surface area contributed by atoms with Crippen LogP contribution in [0, 0.1) is 56.2 Å². The van der Waals surface area contributed by atoms with Crippen LogP contribution in [0.3, 0.4) is 0 Å². The van der Waals surface area contributed by atoms with Crippen LogP contribution in [0.5, 0.6) is 5.75 Å². The second kappa shape index (κ2) is 10.4. The Hall–Kier alpha value is -3.57. The lowest BCUT2D eigenvalue weighted by Gasteiger charge is -2.48. The molecule has 8 heteroatoms. The third kappa shape index (κ3) is 4.02. The van der Waals surface area contributed by atoms with E-state index in [9.17, 15) is 15.8 Å². The molecule has 2 heterocycles. The van der Waals surface area contributed by atoms with Crippen molar-refractivity contribution in [1.82, 2.24) is 0 Å². The summed E-state index contributed by atoms with van der Waals surface area (Å²) in [4.78, 5) is 0. The molecule has 2 saturated heterocycles. The van der Waals surface area contributed by atoms with E-state index >= 15 is 0 Å². The zero-order valence-corrected chi connectivity index (χ0v) is 21.7. The molecule has 7 nitrogen and oxygen atoms in total. The van der Waals surface area contributed by atoms with Crippen LogP contribution in [0.15, 0.2) is 48.5 Å². The summed E-state index contributed by atoms with van der Waals surface area (Å²) in [6, 6.07) is 20.1. The molecule has 2 aliphatic rings. The van der Waals surface area contributed by atoms with Gasteiger partial charge in [0.05, 0.1) is 30.7 Å². The SMILES string of the molecule is CCCCCCCOc1ccc(C2OC3(c4cccc(Cl)c4)OC(=N)C(C#N)(C3C)C2(C#N)C#N)cc1. The summed E-state index contributed by atoms with van der Waals surface area (Å²) >= 11 is 6.26. The number of hydrogen-bond acceptors (Lipinski definition) is 7. The van der Waals surface area contributed by atoms with Gasteiger partial charge in [0, 0.05) is 10.6 Å². The van der Waals surface area contributed by atoms with Crippen LogP contribution in [0.4, 0.5) is 0 Å². The number of nitriles is 3. The third-order valence-electron chi connectivity index (χ3n) is 7.60. The first-order valence-corrected chi connectivity index (χ1v) is 12.9. The fourth-order valence-electron chi connectivity index (χ4n) is 5.51. The minimum Gasteiger partial charge on any atom is -0.494 e. The molecule has 4 atom stereocenters. The Labute approximate surface area is 222 Å². The van der Waals surface area contributed by atoms with Crippen molar-refractivity contribution < 1.29 is 14.2 Å². The predicted octanol–water partition coefficient (Wildman–Crippen LogP) is 6.80. The molecule has 0 aliphatic carbocycles. The fraction of sp³-hybridized carbons (Fsp3) is 0.448. The molecule has 4 rings (SSSR count). The minimum absolute atomic E-state index is 0.428. The number of rotatable bonds is 9. The molecule has 2 aromatic carbocycles. The second-order valence-corrected chi connectivity index (χ2v) is 10.0.